The highest BCUT2D eigenvalue weighted by molar-refractivity contribution is 6.14. The lowest BCUT2D eigenvalue weighted by Crippen LogP contribution is -2.29. The first-order valence-corrected chi connectivity index (χ1v) is 12.0. The molecular formula is C30H38O3. The first kappa shape index (κ1) is 24.8. The highest BCUT2D eigenvalue weighted by Gasteiger charge is 2.34. The second-order valence-electron chi connectivity index (χ2n) is 10.6. The van der Waals surface area contributed by atoms with Crippen LogP contribution in [0.25, 0.3) is 12.2 Å². The van der Waals surface area contributed by atoms with Crippen LogP contribution >= 0.6 is 0 Å². The molecule has 0 aromatic heterocycles. The Morgan fingerprint density at radius 1 is 0.727 bits per heavy atom. The van der Waals surface area contributed by atoms with Crippen LogP contribution in [0.1, 0.15) is 72.4 Å². The topological polar surface area (TPSA) is 35.5 Å². The van der Waals surface area contributed by atoms with Crippen LogP contribution in [0.3, 0.4) is 0 Å². The van der Waals surface area contributed by atoms with E-state index in [1.54, 1.807) is 0 Å². The Balaban J connectivity index is 1.89. The van der Waals surface area contributed by atoms with Gasteiger partial charge in [-0.25, -0.2) is 0 Å². The number of ketones is 1. The van der Waals surface area contributed by atoms with E-state index in [1.165, 1.54) is 0 Å². The molecule has 0 heterocycles. The number of carbonyl (C=O) groups is 1. The Morgan fingerprint density at radius 3 is 1.39 bits per heavy atom. The van der Waals surface area contributed by atoms with Crippen molar-refractivity contribution in [3.8, 4) is 11.5 Å². The second kappa shape index (κ2) is 10.4. The molecule has 0 spiro atoms. The summed E-state index contributed by atoms with van der Waals surface area (Å²) in [4.78, 5) is 13.4. The first-order valence-electron chi connectivity index (χ1n) is 12.0. The molecule has 3 nitrogen and oxygen atoms in total. The van der Waals surface area contributed by atoms with Gasteiger partial charge in [0.2, 0.25) is 0 Å². The maximum absolute atomic E-state index is 13.4. The number of rotatable bonds is 6. The molecule has 0 aliphatic heterocycles. The van der Waals surface area contributed by atoms with Crippen LogP contribution in [0.5, 0.6) is 11.5 Å². The fraction of sp³-hybridized carbons (Fsp3) is 0.433. The molecular weight excluding hydrogens is 408 g/mol. The van der Waals surface area contributed by atoms with Crippen LogP contribution < -0.4 is 9.47 Å². The van der Waals surface area contributed by atoms with Crippen molar-refractivity contribution in [3.63, 3.8) is 0 Å². The Kier molecular flexibility index (Phi) is 7.84. The van der Waals surface area contributed by atoms with Crippen molar-refractivity contribution in [2.45, 2.75) is 73.5 Å². The van der Waals surface area contributed by atoms with Gasteiger partial charge in [0.15, 0.2) is 5.78 Å². The van der Waals surface area contributed by atoms with Gasteiger partial charge in [0, 0.05) is 11.1 Å². The minimum Gasteiger partial charge on any atom is -0.491 e. The van der Waals surface area contributed by atoms with Crippen molar-refractivity contribution in [1.29, 1.82) is 0 Å². The van der Waals surface area contributed by atoms with Gasteiger partial charge in [-0.15, -0.1) is 0 Å². The molecule has 1 saturated carbocycles. The summed E-state index contributed by atoms with van der Waals surface area (Å²) in [6, 6.07) is 16.0. The molecule has 3 rings (SSSR count). The third-order valence-corrected chi connectivity index (χ3v) is 5.93. The largest absolute Gasteiger partial charge is 0.491 e. The Morgan fingerprint density at radius 2 is 1.09 bits per heavy atom. The lowest BCUT2D eigenvalue weighted by Gasteiger charge is -2.35. The van der Waals surface area contributed by atoms with E-state index in [0.717, 1.165) is 46.6 Å². The summed E-state index contributed by atoms with van der Waals surface area (Å²) in [7, 11) is 0. The van der Waals surface area contributed by atoms with Crippen molar-refractivity contribution in [2.24, 2.45) is 11.3 Å². The molecule has 2 aromatic carbocycles. The summed E-state index contributed by atoms with van der Waals surface area (Å²) < 4.78 is 11.5. The predicted molar refractivity (Wildman–Crippen MR) is 138 cm³/mol. The number of Topliss-reactive ketones (excluding diaryl/α,β-unsaturated/α-hetero) is 1. The maximum atomic E-state index is 13.4. The molecule has 3 heteroatoms. The van der Waals surface area contributed by atoms with Crippen LogP contribution in [0.15, 0.2) is 59.7 Å². The molecule has 0 atom stereocenters. The standard InChI is InChI=1S/C30H38O3/c1-20(2)32-27-12-8-22(9-13-27)16-24-18-26(30(5,6)7)19-25(29(24)31)17-23-10-14-28(15-11-23)33-21(3)4/h8-17,20-21,26H,18-19H2,1-7H3/b24-16+,25-17+. The Hall–Kier alpha value is -2.81. The predicted octanol–water partition coefficient (Wildman–Crippen LogP) is 7.75. The van der Waals surface area contributed by atoms with Crippen LogP contribution in [-0.2, 0) is 4.79 Å². The van der Waals surface area contributed by atoms with E-state index in [-0.39, 0.29) is 23.4 Å². The average Bonchev–Trinajstić information content (AvgIpc) is 2.72. The van der Waals surface area contributed by atoms with Gasteiger partial charge in [0.05, 0.1) is 12.2 Å². The molecule has 2 aromatic rings. The number of allylic oxidation sites excluding steroid dienone is 2. The van der Waals surface area contributed by atoms with E-state index >= 15 is 0 Å². The van der Waals surface area contributed by atoms with Crippen molar-refractivity contribution < 1.29 is 14.3 Å². The minimum absolute atomic E-state index is 0.114. The van der Waals surface area contributed by atoms with Crippen LogP contribution in [0, 0.1) is 11.3 Å². The van der Waals surface area contributed by atoms with Gasteiger partial charge in [-0.2, -0.15) is 0 Å². The van der Waals surface area contributed by atoms with E-state index in [1.807, 2.05) is 88.4 Å². The molecule has 0 radical (unpaired) electrons. The normalized spacial score (nSPS) is 19.5. The zero-order chi connectivity index (χ0) is 24.2. The van der Waals surface area contributed by atoms with Crippen LogP contribution in [0.2, 0.25) is 0 Å². The lowest BCUT2D eigenvalue weighted by atomic mass is 9.68. The SMILES string of the molecule is CC(C)Oc1ccc(/C=C2\CC(C(C)(C)C)C/C(=C\c3ccc(OC(C)C)cc3)C2=O)cc1. The smallest absolute Gasteiger partial charge is 0.185 e. The van der Waals surface area contributed by atoms with Gasteiger partial charge in [-0.05, 0) is 99.4 Å². The number of carbonyl (C=O) groups excluding carboxylic acids is 1. The summed E-state index contributed by atoms with van der Waals surface area (Å²) in [6.45, 7) is 14.9. The van der Waals surface area contributed by atoms with Crippen molar-refractivity contribution >= 4 is 17.9 Å². The molecule has 1 fully saturated rings. The van der Waals surface area contributed by atoms with E-state index in [9.17, 15) is 4.79 Å². The fourth-order valence-corrected chi connectivity index (χ4v) is 4.09. The summed E-state index contributed by atoms with van der Waals surface area (Å²) in [5, 5.41) is 0. The maximum Gasteiger partial charge on any atom is 0.185 e. The number of hydrogen-bond donors (Lipinski definition) is 0. The van der Waals surface area contributed by atoms with Crippen LogP contribution in [0.4, 0.5) is 0 Å². The molecule has 0 bridgehead atoms. The van der Waals surface area contributed by atoms with Crippen molar-refractivity contribution in [3.05, 3.63) is 70.8 Å². The van der Waals surface area contributed by atoms with Gasteiger partial charge in [-0.3, -0.25) is 4.79 Å². The van der Waals surface area contributed by atoms with Crippen LogP contribution in [-0.4, -0.2) is 18.0 Å². The summed E-state index contributed by atoms with van der Waals surface area (Å²) in [5.74, 6) is 2.25. The lowest BCUT2D eigenvalue weighted by molar-refractivity contribution is -0.113. The molecule has 1 aliphatic carbocycles. The average molecular weight is 447 g/mol. The number of hydrogen-bond acceptors (Lipinski definition) is 3. The van der Waals surface area contributed by atoms with E-state index in [0.29, 0.717) is 5.92 Å². The minimum atomic E-state index is 0.114. The fourth-order valence-electron chi connectivity index (χ4n) is 4.09. The summed E-state index contributed by atoms with van der Waals surface area (Å²) >= 11 is 0. The third kappa shape index (κ3) is 7.08. The van der Waals surface area contributed by atoms with Crippen molar-refractivity contribution in [2.75, 3.05) is 0 Å². The molecule has 0 saturated heterocycles. The monoisotopic (exact) mass is 446 g/mol. The highest BCUT2D eigenvalue weighted by atomic mass is 16.5. The Labute approximate surface area is 199 Å². The van der Waals surface area contributed by atoms with E-state index < -0.39 is 0 Å². The second-order valence-corrected chi connectivity index (χ2v) is 10.6. The zero-order valence-corrected chi connectivity index (χ0v) is 21.1. The van der Waals surface area contributed by atoms with Gasteiger partial charge >= 0.3 is 0 Å². The van der Waals surface area contributed by atoms with Gasteiger partial charge < -0.3 is 9.47 Å². The van der Waals surface area contributed by atoms with E-state index in [2.05, 4.69) is 20.8 Å². The zero-order valence-electron chi connectivity index (χ0n) is 21.1. The Bertz CT molecular complexity index is 925. The quantitative estimate of drug-likeness (QED) is 0.425. The van der Waals surface area contributed by atoms with Gasteiger partial charge in [0.25, 0.3) is 0 Å². The highest BCUT2D eigenvalue weighted by Crippen LogP contribution is 2.42. The van der Waals surface area contributed by atoms with E-state index in [4.69, 9.17) is 9.47 Å². The summed E-state index contributed by atoms with van der Waals surface area (Å²) in [6.07, 6.45) is 5.97. The third-order valence-electron chi connectivity index (χ3n) is 5.93. The molecule has 33 heavy (non-hydrogen) atoms. The van der Waals surface area contributed by atoms with Gasteiger partial charge in [0.1, 0.15) is 11.5 Å². The molecule has 0 N–H and O–H groups in total. The van der Waals surface area contributed by atoms with Gasteiger partial charge in [-0.1, -0.05) is 45.0 Å². The summed E-state index contributed by atoms with van der Waals surface area (Å²) in [5.41, 5.74) is 3.93. The number of ether oxygens (including phenoxy) is 2. The molecule has 0 unspecified atom stereocenters. The molecule has 1 aliphatic rings. The number of benzene rings is 2. The van der Waals surface area contributed by atoms with Crippen molar-refractivity contribution in [1.82, 2.24) is 0 Å². The first-order chi connectivity index (χ1) is 15.5. The molecule has 176 valence electrons. The molecule has 0 amide bonds.